The molecule has 3 rings (SSSR count). The number of nitrogens with one attached hydrogen (secondary N) is 1. The van der Waals surface area contributed by atoms with E-state index in [1.165, 1.54) is 41.3 Å². The normalized spacial score (nSPS) is 11.7. The van der Waals surface area contributed by atoms with Gasteiger partial charge in [0.1, 0.15) is 11.6 Å². The number of allylic oxidation sites excluding steroid dienone is 1. The minimum atomic E-state index is -0.554. The van der Waals surface area contributed by atoms with Crippen LogP contribution in [0.5, 0.6) is 5.75 Å². The second-order valence-electron chi connectivity index (χ2n) is 7.04. The number of anilines is 1. The van der Waals surface area contributed by atoms with Crippen molar-refractivity contribution >= 4 is 51.7 Å². The molecule has 3 aromatic rings. The van der Waals surface area contributed by atoms with Crippen LogP contribution >= 0.6 is 34.7 Å². The van der Waals surface area contributed by atoms with Crippen LogP contribution in [0, 0.1) is 5.82 Å². The fourth-order valence-electron chi connectivity index (χ4n) is 2.91. The Balaban J connectivity index is 1.61. The molecule has 0 aliphatic heterocycles. The average molecular weight is 540 g/mol. The second kappa shape index (κ2) is 12.7. The summed E-state index contributed by atoms with van der Waals surface area (Å²) < 4.78 is 25.8. The Hall–Kier alpha value is -2.96. The summed E-state index contributed by atoms with van der Waals surface area (Å²) in [5, 5.41) is 13.8. The third kappa shape index (κ3) is 7.51. The number of rotatable bonds is 12. The maximum Gasteiger partial charge on any atom is 0.311 e. The Morgan fingerprint density at radius 1 is 1.40 bits per heavy atom. The van der Waals surface area contributed by atoms with Crippen molar-refractivity contribution in [2.75, 3.05) is 17.7 Å². The fourth-order valence-corrected chi connectivity index (χ4v) is 4.61. The molecule has 9 nitrogen and oxygen atoms in total. The van der Waals surface area contributed by atoms with E-state index in [0.29, 0.717) is 40.7 Å². The molecular formula is C22H23ClFN5O4S2. The highest BCUT2D eigenvalue weighted by atomic mass is 35.5. The number of hydrogen-bond donors (Lipinski definition) is 1. The molecule has 2 aromatic heterocycles. The molecular weight excluding hydrogens is 517 g/mol. The molecule has 1 atom stereocenters. The topological polar surface area (TPSA) is 108 Å². The second-order valence-corrected chi connectivity index (χ2v) is 9.25. The van der Waals surface area contributed by atoms with Gasteiger partial charge in [-0.05, 0) is 32.0 Å². The van der Waals surface area contributed by atoms with Crippen molar-refractivity contribution in [1.29, 1.82) is 0 Å². The first-order valence-electron chi connectivity index (χ1n) is 10.5. The highest BCUT2D eigenvalue weighted by Crippen LogP contribution is 2.30. The summed E-state index contributed by atoms with van der Waals surface area (Å²) in [6, 6.07) is 3.86. The van der Waals surface area contributed by atoms with Gasteiger partial charge in [0.15, 0.2) is 22.2 Å². The number of carbonyl (C=O) groups excluding carboxylic acids is 2. The summed E-state index contributed by atoms with van der Waals surface area (Å²) in [7, 11) is 0. The first kappa shape index (κ1) is 26.6. The van der Waals surface area contributed by atoms with E-state index < -0.39 is 11.9 Å². The summed E-state index contributed by atoms with van der Waals surface area (Å²) in [5.41, 5.74) is 0.530. The van der Waals surface area contributed by atoms with E-state index in [9.17, 15) is 14.0 Å². The summed E-state index contributed by atoms with van der Waals surface area (Å²) >= 11 is 8.47. The maximum absolute atomic E-state index is 13.3. The van der Waals surface area contributed by atoms with E-state index in [2.05, 4.69) is 27.1 Å². The lowest BCUT2D eigenvalue weighted by Crippen LogP contribution is -2.15. The van der Waals surface area contributed by atoms with Crippen molar-refractivity contribution in [1.82, 2.24) is 19.7 Å². The van der Waals surface area contributed by atoms with Crippen molar-refractivity contribution in [3.63, 3.8) is 0 Å². The first-order valence-corrected chi connectivity index (χ1v) is 12.7. The van der Waals surface area contributed by atoms with Gasteiger partial charge in [0, 0.05) is 11.9 Å². The summed E-state index contributed by atoms with van der Waals surface area (Å²) in [5.74, 6) is -0.256. The van der Waals surface area contributed by atoms with Crippen LogP contribution in [0.4, 0.5) is 9.52 Å². The third-order valence-corrected chi connectivity index (χ3v) is 6.45. The molecule has 13 heteroatoms. The molecule has 0 bridgehead atoms. The standard InChI is InChI=1S/C22H23ClFN5O4S2/c1-4-8-29-20(13(3)33-17-7-6-14(24)9-16(17)23)27-28-22(29)35-12-18(30)26-21-25-15(11-34-21)10-19(31)32-5-2/h4,6-7,9,11,13H,1,5,8,10,12H2,2-3H3,(H,25,26,30). The molecule has 1 aromatic carbocycles. The zero-order chi connectivity index (χ0) is 25.4. The van der Waals surface area contributed by atoms with Crippen LogP contribution in [0.25, 0.3) is 0 Å². The van der Waals surface area contributed by atoms with Crippen LogP contribution in [0.15, 0.2) is 41.4 Å². The molecule has 186 valence electrons. The highest BCUT2D eigenvalue weighted by Gasteiger charge is 2.21. The zero-order valence-corrected chi connectivity index (χ0v) is 21.4. The lowest BCUT2D eigenvalue weighted by atomic mass is 10.3. The van der Waals surface area contributed by atoms with Crippen molar-refractivity contribution in [3.05, 3.63) is 58.6 Å². The number of esters is 1. The minimum Gasteiger partial charge on any atom is -0.481 e. The van der Waals surface area contributed by atoms with Crippen LogP contribution in [0.1, 0.15) is 31.5 Å². The minimum absolute atomic E-state index is 0.0474. The Labute approximate surface area is 214 Å². The molecule has 0 aliphatic rings. The molecule has 1 unspecified atom stereocenters. The number of thioether (sulfide) groups is 1. The van der Waals surface area contributed by atoms with Crippen LogP contribution in [-0.4, -0.2) is 44.0 Å². The van der Waals surface area contributed by atoms with Crippen molar-refractivity contribution in [2.24, 2.45) is 0 Å². The lowest BCUT2D eigenvalue weighted by Gasteiger charge is -2.16. The van der Waals surface area contributed by atoms with Gasteiger partial charge in [0.25, 0.3) is 0 Å². The first-order chi connectivity index (χ1) is 16.8. The molecule has 0 saturated heterocycles. The van der Waals surface area contributed by atoms with Gasteiger partial charge in [0.2, 0.25) is 5.91 Å². The van der Waals surface area contributed by atoms with Gasteiger partial charge < -0.3 is 14.8 Å². The third-order valence-electron chi connectivity index (χ3n) is 4.38. The van der Waals surface area contributed by atoms with Crippen molar-refractivity contribution < 1.29 is 23.5 Å². The molecule has 0 saturated carbocycles. The van der Waals surface area contributed by atoms with E-state index in [1.807, 2.05) is 0 Å². The summed E-state index contributed by atoms with van der Waals surface area (Å²) in [4.78, 5) is 28.2. The molecule has 0 aliphatic carbocycles. The number of carbonyl (C=O) groups is 2. The summed E-state index contributed by atoms with van der Waals surface area (Å²) in [6.45, 7) is 7.95. The van der Waals surface area contributed by atoms with Gasteiger partial charge >= 0.3 is 5.97 Å². The molecule has 35 heavy (non-hydrogen) atoms. The number of benzene rings is 1. The van der Waals surface area contributed by atoms with E-state index in [0.717, 1.165) is 0 Å². The van der Waals surface area contributed by atoms with Crippen molar-refractivity contribution in [2.45, 2.75) is 38.1 Å². The fraction of sp³-hybridized carbons (Fsp3) is 0.318. The number of nitrogens with zero attached hydrogens (tertiary/aromatic N) is 4. The molecule has 1 N–H and O–H groups in total. The van der Waals surface area contributed by atoms with Gasteiger partial charge in [-0.1, -0.05) is 29.4 Å². The smallest absolute Gasteiger partial charge is 0.311 e. The van der Waals surface area contributed by atoms with E-state index in [1.54, 1.807) is 29.9 Å². The van der Waals surface area contributed by atoms with Crippen LogP contribution in [0.3, 0.4) is 0 Å². The molecule has 0 radical (unpaired) electrons. The Bertz CT molecular complexity index is 1200. The predicted molar refractivity (Wildman–Crippen MR) is 132 cm³/mol. The van der Waals surface area contributed by atoms with Crippen molar-refractivity contribution in [3.8, 4) is 5.75 Å². The Morgan fingerprint density at radius 3 is 2.91 bits per heavy atom. The van der Waals surface area contributed by atoms with Crippen LogP contribution in [0.2, 0.25) is 5.02 Å². The van der Waals surface area contributed by atoms with Gasteiger partial charge in [0.05, 0.1) is 29.5 Å². The number of thiazole rings is 1. The molecule has 0 spiro atoms. The Kier molecular flexibility index (Phi) is 9.64. The van der Waals surface area contributed by atoms with E-state index in [4.69, 9.17) is 21.1 Å². The van der Waals surface area contributed by atoms with Crippen LogP contribution in [-0.2, 0) is 27.3 Å². The van der Waals surface area contributed by atoms with Gasteiger partial charge in [-0.3, -0.25) is 14.2 Å². The average Bonchev–Trinajstić information content (AvgIpc) is 3.41. The number of halogens is 2. The highest BCUT2D eigenvalue weighted by molar-refractivity contribution is 7.99. The maximum atomic E-state index is 13.3. The predicted octanol–water partition coefficient (Wildman–Crippen LogP) is 4.69. The SMILES string of the molecule is C=CCn1c(SCC(=O)Nc2nc(CC(=O)OCC)cs2)nnc1C(C)Oc1ccc(F)cc1Cl. The number of aromatic nitrogens is 4. The van der Waals surface area contributed by atoms with Crippen LogP contribution < -0.4 is 10.1 Å². The largest absolute Gasteiger partial charge is 0.481 e. The van der Waals surface area contributed by atoms with Gasteiger partial charge in [-0.2, -0.15) is 0 Å². The Morgan fingerprint density at radius 2 is 2.20 bits per heavy atom. The molecule has 1 amide bonds. The zero-order valence-electron chi connectivity index (χ0n) is 19.0. The summed E-state index contributed by atoms with van der Waals surface area (Å²) in [6.07, 6.45) is 1.17. The van der Waals surface area contributed by atoms with E-state index >= 15 is 0 Å². The quantitative estimate of drug-likeness (QED) is 0.201. The monoisotopic (exact) mass is 539 g/mol. The van der Waals surface area contributed by atoms with Gasteiger partial charge in [-0.25, -0.2) is 9.37 Å². The number of ether oxygens (including phenoxy) is 2. The number of hydrogen-bond acceptors (Lipinski definition) is 9. The van der Waals surface area contributed by atoms with Gasteiger partial charge in [-0.15, -0.1) is 28.1 Å². The molecule has 2 heterocycles. The number of amides is 1. The lowest BCUT2D eigenvalue weighted by molar-refractivity contribution is -0.142. The van der Waals surface area contributed by atoms with E-state index in [-0.39, 0.29) is 29.1 Å². The molecule has 0 fully saturated rings.